The third kappa shape index (κ3) is 4.73. The first-order valence-corrected chi connectivity index (χ1v) is 9.61. The zero-order valence-corrected chi connectivity index (χ0v) is 17.1. The Labute approximate surface area is 174 Å². The molecule has 0 aliphatic heterocycles. The van der Waals surface area contributed by atoms with E-state index < -0.39 is 11.7 Å². The molecule has 0 saturated heterocycles. The fourth-order valence-electron chi connectivity index (χ4n) is 2.66. The van der Waals surface area contributed by atoms with Crippen molar-refractivity contribution in [2.24, 2.45) is 0 Å². The second kappa shape index (κ2) is 8.76. The zero-order chi connectivity index (χ0) is 20.1. The minimum atomic E-state index is -4.58. The maximum absolute atomic E-state index is 13.6. The fourth-order valence-corrected chi connectivity index (χ4v) is 3.34. The Morgan fingerprint density at radius 1 is 1.04 bits per heavy atom. The standard InChI is InChI=1S/C20H17F3IN3O/c1-2-27(17-11-7-6-10-16(17)24)18-15(20(21,22)23)12-25-19(26-18)28-13-14-8-4-3-5-9-14/h3-12H,2,13H2,1H3. The summed E-state index contributed by atoms with van der Waals surface area (Å²) in [6, 6.07) is 16.4. The molecule has 0 radical (unpaired) electrons. The second-order valence-corrected chi connectivity index (χ2v) is 7.02. The van der Waals surface area contributed by atoms with E-state index in [2.05, 4.69) is 32.6 Å². The predicted octanol–water partition coefficient (Wildman–Crippen LogP) is 5.84. The van der Waals surface area contributed by atoms with Crippen molar-refractivity contribution in [1.29, 1.82) is 0 Å². The molecule has 1 aromatic heterocycles. The highest BCUT2D eigenvalue weighted by Crippen LogP contribution is 2.39. The van der Waals surface area contributed by atoms with Gasteiger partial charge in [0.25, 0.3) is 0 Å². The van der Waals surface area contributed by atoms with Gasteiger partial charge in [0, 0.05) is 16.3 Å². The molecule has 2 aromatic carbocycles. The summed E-state index contributed by atoms with van der Waals surface area (Å²) in [5.74, 6) is -0.225. The normalized spacial score (nSPS) is 11.3. The summed E-state index contributed by atoms with van der Waals surface area (Å²) in [6.45, 7) is 2.24. The van der Waals surface area contributed by atoms with Gasteiger partial charge in [-0.1, -0.05) is 42.5 Å². The summed E-state index contributed by atoms with van der Waals surface area (Å²) in [5, 5.41) is 0. The third-order valence-corrected chi connectivity index (χ3v) is 4.89. The number of alkyl halides is 3. The predicted molar refractivity (Wildman–Crippen MR) is 110 cm³/mol. The first-order valence-electron chi connectivity index (χ1n) is 8.53. The van der Waals surface area contributed by atoms with E-state index in [9.17, 15) is 13.2 Å². The Hall–Kier alpha value is -2.36. The molecule has 0 atom stereocenters. The number of halogens is 4. The van der Waals surface area contributed by atoms with Crippen molar-refractivity contribution in [3.05, 3.63) is 75.5 Å². The molecule has 0 bridgehead atoms. The van der Waals surface area contributed by atoms with Crippen molar-refractivity contribution in [3.63, 3.8) is 0 Å². The molecule has 3 aromatic rings. The van der Waals surface area contributed by atoms with Crippen LogP contribution in [0.5, 0.6) is 6.01 Å². The van der Waals surface area contributed by atoms with Crippen molar-refractivity contribution in [2.45, 2.75) is 19.7 Å². The highest BCUT2D eigenvalue weighted by molar-refractivity contribution is 14.1. The number of hydrogen-bond acceptors (Lipinski definition) is 4. The van der Waals surface area contributed by atoms with Crippen LogP contribution in [0.1, 0.15) is 18.1 Å². The van der Waals surface area contributed by atoms with Gasteiger partial charge in [0.15, 0.2) is 5.82 Å². The van der Waals surface area contributed by atoms with Crippen LogP contribution >= 0.6 is 22.6 Å². The number of ether oxygens (including phenoxy) is 1. The highest BCUT2D eigenvalue weighted by atomic mass is 127. The summed E-state index contributed by atoms with van der Waals surface area (Å²) in [7, 11) is 0. The van der Waals surface area contributed by atoms with Crippen LogP contribution in [0.2, 0.25) is 0 Å². The van der Waals surface area contributed by atoms with Crippen molar-refractivity contribution < 1.29 is 17.9 Å². The highest BCUT2D eigenvalue weighted by Gasteiger charge is 2.37. The van der Waals surface area contributed by atoms with Gasteiger partial charge in [-0.15, -0.1) is 0 Å². The minimum absolute atomic E-state index is 0.101. The number of anilines is 2. The van der Waals surface area contributed by atoms with E-state index >= 15 is 0 Å². The van der Waals surface area contributed by atoms with E-state index in [0.29, 0.717) is 12.2 Å². The van der Waals surface area contributed by atoms with Crippen molar-refractivity contribution in [1.82, 2.24) is 9.97 Å². The van der Waals surface area contributed by atoms with Gasteiger partial charge in [-0.3, -0.25) is 0 Å². The SMILES string of the molecule is CCN(c1ccccc1I)c1nc(OCc2ccccc2)ncc1C(F)(F)F. The molecule has 0 fully saturated rings. The molecule has 0 unspecified atom stereocenters. The van der Waals surface area contributed by atoms with E-state index in [1.54, 1.807) is 19.1 Å². The Kier molecular flexibility index (Phi) is 6.38. The lowest BCUT2D eigenvalue weighted by atomic mass is 10.2. The third-order valence-electron chi connectivity index (χ3n) is 3.98. The Morgan fingerprint density at radius 2 is 1.71 bits per heavy atom. The van der Waals surface area contributed by atoms with Crippen LogP contribution in [-0.2, 0) is 12.8 Å². The van der Waals surface area contributed by atoms with Crippen LogP contribution in [0.4, 0.5) is 24.7 Å². The molecule has 1 heterocycles. The van der Waals surface area contributed by atoms with Gasteiger partial charge in [0.05, 0.1) is 5.69 Å². The van der Waals surface area contributed by atoms with E-state index in [4.69, 9.17) is 4.74 Å². The summed E-state index contributed by atoms with van der Waals surface area (Å²) < 4.78 is 47.1. The molecule has 0 N–H and O–H groups in total. The van der Waals surface area contributed by atoms with Crippen molar-refractivity contribution in [2.75, 3.05) is 11.4 Å². The lowest BCUT2D eigenvalue weighted by molar-refractivity contribution is -0.137. The maximum atomic E-state index is 13.6. The van der Waals surface area contributed by atoms with Crippen molar-refractivity contribution in [3.8, 4) is 6.01 Å². The van der Waals surface area contributed by atoms with Gasteiger partial charge >= 0.3 is 12.2 Å². The second-order valence-electron chi connectivity index (χ2n) is 5.86. The molecule has 0 spiro atoms. The molecule has 4 nitrogen and oxygen atoms in total. The summed E-state index contributed by atoms with van der Waals surface area (Å²) in [4.78, 5) is 9.40. The van der Waals surface area contributed by atoms with E-state index in [1.807, 2.05) is 42.5 Å². The van der Waals surface area contributed by atoms with Crippen LogP contribution in [0.25, 0.3) is 0 Å². The zero-order valence-electron chi connectivity index (χ0n) is 14.9. The molecule has 146 valence electrons. The average molecular weight is 499 g/mol. The Bertz CT molecular complexity index is 935. The van der Waals surface area contributed by atoms with Gasteiger partial charge in [-0.2, -0.15) is 18.2 Å². The summed E-state index contributed by atoms with van der Waals surface area (Å²) in [5.41, 5.74) is 0.613. The smallest absolute Gasteiger partial charge is 0.421 e. The van der Waals surface area contributed by atoms with Gasteiger partial charge in [-0.25, -0.2) is 4.98 Å². The Morgan fingerprint density at radius 3 is 2.36 bits per heavy atom. The number of aromatic nitrogens is 2. The summed E-state index contributed by atoms with van der Waals surface area (Å²) in [6.07, 6.45) is -3.80. The molecule has 28 heavy (non-hydrogen) atoms. The molecular weight excluding hydrogens is 482 g/mol. The summed E-state index contributed by atoms with van der Waals surface area (Å²) >= 11 is 2.09. The molecule has 0 amide bonds. The first-order chi connectivity index (χ1) is 13.4. The lowest BCUT2D eigenvalue weighted by Gasteiger charge is -2.26. The average Bonchev–Trinajstić information content (AvgIpc) is 2.68. The fraction of sp³-hybridized carbons (Fsp3) is 0.200. The maximum Gasteiger partial charge on any atom is 0.421 e. The lowest BCUT2D eigenvalue weighted by Crippen LogP contribution is -2.23. The molecule has 0 aliphatic rings. The monoisotopic (exact) mass is 499 g/mol. The Balaban J connectivity index is 1.99. The van der Waals surface area contributed by atoms with Crippen LogP contribution in [-0.4, -0.2) is 16.5 Å². The topological polar surface area (TPSA) is 38.2 Å². The van der Waals surface area contributed by atoms with Gasteiger partial charge in [0.1, 0.15) is 12.2 Å². The van der Waals surface area contributed by atoms with E-state index in [-0.39, 0.29) is 18.4 Å². The number of nitrogens with zero attached hydrogens (tertiary/aromatic N) is 3. The van der Waals surface area contributed by atoms with Crippen LogP contribution in [0.15, 0.2) is 60.8 Å². The van der Waals surface area contributed by atoms with Crippen LogP contribution in [0.3, 0.4) is 0 Å². The minimum Gasteiger partial charge on any atom is -0.459 e. The van der Waals surface area contributed by atoms with E-state index in [0.717, 1.165) is 15.3 Å². The number of para-hydroxylation sites is 1. The van der Waals surface area contributed by atoms with Crippen LogP contribution < -0.4 is 9.64 Å². The van der Waals surface area contributed by atoms with E-state index in [1.165, 1.54) is 4.90 Å². The van der Waals surface area contributed by atoms with Crippen molar-refractivity contribution >= 4 is 34.1 Å². The number of rotatable bonds is 6. The number of hydrogen-bond donors (Lipinski definition) is 0. The largest absolute Gasteiger partial charge is 0.459 e. The molecule has 0 saturated carbocycles. The van der Waals surface area contributed by atoms with Crippen LogP contribution in [0, 0.1) is 3.57 Å². The quantitative estimate of drug-likeness (QED) is 0.400. The first kappa shape index (κ1) is 20.4. The molecule has 8 heteroatoms. The van der Waals surface area contributed by atoms with Gasteiger partial charge < -0.3 is 9.64 Å². The number of benzene rings is 2. The molecular formula is C20H17F3IN3O. The van der Waals surface area contributed by atoms with Gasteiger partial charge in [0.2, 0.25) is 0 Å². The molecule has 0 aliphatic carbocycles. The van der Waals surface area contributed by atoms with Gasteiger partial charge in [-0.05, 0) is 47.2 Å². The molecule has 3 rings (SSSR count).